The minimum Gasteiger partial charge on any atom is -0.361 e. The molecule has 0 aliphatic rings. The van der Waals surface area contributed by atoms with Crippen molar-refractivity contribution in [2.24, 2.45) is 0 Å². The van der Waals surface area contributed by atoms with Crippen molar-refractivity contribution in [2.75, 3.05) is 6.54 Å². The third-order valence-corrected chi connectivity index (χ3v) is 3.30. The van der Waals surface area contributed by atoms with E-state index in [1.807, 2.05) is 24.4 Å². The second-order valence-corrected chi connectivity index (χ2v) is 4.74. The van der Waals surface area contributed by atoms with E-state index < -0.39 is 0 Å². The van der Waals surface area contributed by atoms with Crippen LogP contribution in [0.2, 0.25) is 0 Å². The quantitative estimate of drug-likeness (QED) is 0.627. The van der Waals surface area contributed by atoms with Crippen LogP contribution in [0, 0.1) is 0 Å². The summed E-state index contributed by atoms with van der Waals surface area (Å²) in [6, 6.07) is 8.15. The molecule has 0 bridgehead atoms. The van der Waals surface area contributed by atoms with Crippen molar-refractivity contribution < 1.29 is 4.79 Å². The summed E-state index contributed by atoms with van der Waals surface area (Å²) in [6.07, 6.45) is 9.24. The highest BCUT2D eigenvalue weighted by atomic mass is 16.1. The lowest BCUT2D eigenvalue weighted by molar-refractivity contribution is -0.116. The molecule has 0 aliphatic carbocycles. The summed E-state index contributed by atoms with van der Waals surface area (Å²) in [5, 5.41) is 4.08. The molecule has 0 unspecified atom stereocenters. The Labute approximate surface area is 122 Å². The molecule has 0 aliphatic heterocycles. The van der Waals surface area contributed by atoms with Crippen LogP contribution >= 0.6 is 0 Å². The maximum Gasteiger partial charge on any atom is 0.244 e. The maximum absolute atomic E-state index is 11.7. The number of aromatic amines is 2. The van der Waals surface area contributed by atoms with Gasteiger partial charge in [0.1, 0.15) is 0 Å². The second-order valence-electron chi connectivity index (χ2n) is 4.74. The number of fused-ring (bicyclic) bond motifs is 1. The molecule has 3 aromatic rings. The number of benzene rings is 1. The van der Waals surface area contributed by atoms with Crippen molar-refractivity contribution in [1.29, 1.82) is 0 Å². The lowest BCUT2D eigenvalue weighted by atomic mass is 10.1. The second kappa shape index (κ2) is 6.09. The monoisotopic (exact) mass is 280 g/mol. The predicted molar refractivity (Wildman–Crippen MR) is 82.6 cm³/mol. The molecule has 3 N–H and O–H groups in total. The zero-order valence-electron chi connectivity index (χ0n) is 11.5. The van der Waals surface area contributed by atoms with Crippen molar-refractivity contribution in [3.05, 3.63) is 60.3 Å². The Morgan fingerprint density at radius 2 is 2.19 bits per heavy atom. The molecule has 0 atom stereocenters. The number of amides is 1. The Bertz CT molecular complexity index is 756. The summed E-state index contributed by atoms with van der Waals surface area (Å²) in [4.78, 5) is 21.7. The number of para-hydroxylation sites is 1. The molecule has 2 aromatic heterocycles. The molecule has 0 spiro atoms. The first-order valence-electron chi connectivity index (χ1n) is 6.82. The smallest absolute Gasteiger partial charge is 0.244 e. The number of hydrogen-bond donors (Lipinski definition) is 3. The first-order chi connectivity index (χ1) is 10.3. The van der Waals surface area contributed by atoms with Crippen LogP contribution in [-0.2, 0) is 11.2 Å². The highest BCUT2D eigenvalue weighted by Gasteiger charge is 2.03. The topological polar surface area (TPSA) is 73.6 Å². The van der Waals surface area contributed by atoms with E-state index in [1.54, 1.807) is 18.6 Å². The lowest BCUT2D eigenvalue weighted by Crippen LogP contribution is -2.23. The summed E-state index contributed by atoms with van der Waals surface area (Å²) in [5.74, 6) is -0.107. The molecule has 21 heavy (non-hydrogen) atoms. The molecular formula is C16H16N4O. The third kappa shape index (κ3) is 3.20. The summed E-state index contributed by atoms with van der Waals surface area (Å²) in [7, 11) is 0. The van der Waals surface area contributed by atoms with Gasteiger partial charge in [-0.2, -0.15) is 0 Å². The molecule has 106 valence electrons. The fourth-order valence-electron chi connectivity index (χ4n) is 2.24. The van der Waals surface area contributed by atoms with Gasteiger partial charge in [-0.1, -0.05) is 18.2 Å². The zero-order valence-corrected chi connectivity index (χ0v) is 11.5. The van der Waals surface area contributed by atoms with E-state index in [-0.39, 0.29) is 5.91 Å². The van der Waals surface area contributed by atoms with Crippen LogP contribution in [0.3, 0.4) is 0 Å². The summed E-state index contributed by atoms with van der Waals surface area (Å²) in [6.45, 7) is 0.605. The Balaban J connectivity index is 1.53. The molecule has 0 saturated heterocycles. The van der Waals surface area contributed by atoms with Crippen molar-refractivity contribution in [3.63, 3.8) is 0 Å². The fourth-order valence-corrected chi connectivity index (χ4v) is 2.24. The first-order valence-corrected chi connectivity index (χ1v) is 6.82. The molecule has 0 saturated carbocycles. The Kier molecular flexibility index (Phi) is 3.82. The van der Waals surface area contributed by atoms with E-state index in [9.17, 15) is 4.79 Å². The highest BCUT2D eigenvalue weighted by Crippen LogP contribution is 2.17. The number of hydrogen-bond acceptors (Lipinski definition) is 2. The van der Waals surface area contributed by atoms with E-state index in [2.05, 4.69) is 26.3 Å². The number of nitrogens with zero attached hydrogens (tertiary/aromatic N) is 1. The van der Waals surface area contributed by atoms with Crippen molar-refractivity contribution in [1.82, 2.24) is 20.3 Å². The number of carbonyl (C=O) groups excluding carboxylic acids is 1. The highest BCUT2D eigenvalue weighted by molar-refractivity contribution is 5.91. The van der Waals surface area contributed by atoms with Crippen LogP contribution in [-0.4, -0.2) is 27.4 Å². The van der Waals surface area contributed by atoms with Gasteiger partial charge in [-0.3, -0.25) is 4.79 Å². The lowest BCUT2D eigenvalue weighted by Gasteiger charge is -2.01. The van der Waals surface area contributed by atoms with Gasteiger partial charge in [-0.25, -0.2) is 4.98 Å². The number of nitrogens with one attached hydrogen (secondary N) is 3. The van der Waals surface area contributed by atoms with Crippen LogP contribution in [0.4, 0.5) is 0 Å². The summed E-state index contributed by atoms with van der Waals surface area (Å²) < 4.78 is 0. The molecular weight excluding hydrogens is 264 g/mol. The average Bonchev–Trinajstić information content (AvgIpc) is 3.15. The van der Waals surface area contributed by atoms with Gasteiger partial charge in [0, 0.05) is 29.7 Å². The van der Waals surface area contributed by atoms with Gasteiger partial charge in [-0.15, -0.1) is 0 Å². The van der Waals surface area contributed by atoms with Gasteiger partial charge in [0.2, 0.25) is 5.91 Å². The van der Waals surface area contributed by atoms with E-state index in [4.69, 9.17) is 0 Å². The van der Waals surface area contributed by atoms with E-state index in [1.165, 1.54) is 17.0 Å². The molecule has 1 aromatic carbocycles. The molecule has 5 heteroatoms. The standard InChI is InChI=1S/C16H16N4O/c21-16(6-5-13-10-17-11-20-13)18-8-7-12-9-19-15-4-2-1-3-14(12)15/h1-6,9-11,19H,7-8H2,(H,17,20)(H,18,21). The fraction of sp³-hybridized carbons (Fsp3) is 0.125. The van der Waals surface area contributed by atoms with Gasteiger partial charge in [-0.05, 0) is 24.1 Å². The third-order valence-electron chi connectivity index (χ3n) is 3.30. The Morgan fingerprint density at radius 1 is 1.29 bits per heavy atom. The van der Waals surface area contributed by atoms with Gasteiger partial charge < -0.3 is 15.3 Å². The number of rotatable bonds is 5. The summed E-state index contributed by atoms with van der Waals surface area (Å²) in [5.41, 5.74) is 3.14. The number of imidazole rings is 1. The van der Waals surface area contributed by atoms with E-state index in [0.29, 0.717) is 6.54 Å². The average molecular weight is 280 g/mol. The SMILES string of the molecule is O=C(C=Cc1cnc[nH]1)NCCc1c[nH]c2ccccc12. The molecule has 1 amide bonds. The molecule has 0 fully saturated rings. The summed E-state index contributed by atoms with van der Waals surface area (Å²) >= 11 is 0. The van der Waals surface area contributed by atoms with E-state index in [0.717, 1.165) is 17.6 Å². The van der Waals surface area contributed by atoms with Crippen LogP contribution < -0.4 is 5.32 Å². The number of aromatic nitrogens is 3. The maximum atomic E-state index is 11.7. The molecule has 5 nitrogen and oxygen atoms in total. The Hall–Kier alpha value is -2.82. The van der Waals surface area contributed by atoms with E-state index >= 15 is 0 Å². The molecule has 3 rings (SSSR count). The Morgan fingerprint density at radius 3 is 3.05 bits per heavy atom. The normalized spacial score (nSPS) is 11.2. The predicted octanol–water partition coefficient (Wildman–Crippen LogP) is 2.26. The minimum atomic E-state index is -0.107. The van der Waals surface area contributed by atoms with Crippen LogP contribution in [0.15, 0.2) is 49.1 Å². The van der Waals surface area contributed by atoms with Crippen molar-refractivity contribution >= 4 is 22.9 Å². The number of carbonyl (C=O) groups is 1. The van der Waals surface area contributed by atoms with Gasteiger partial charge in [0.25, 0.3) is 0 Å². The first kappa shape index (κ1) is 13.2. The molecule has 0 radical (unpaired) electrons. The van der Waals surface area contributed by atoms with Crippen LogP contribution in [0.1, 0.15) is 11.3 Å². The van der Waals surface area contributed by atoms with Gasteiger partial charge in [0.15, 0.2) is 0 Å². The van der Waals surface area contributed by atoms with Gasteiger partial charge in [0.05, 0.1) is 18.2 Å². The van der Waals surface area contributed by atoms with Crippen LogP contribution in [0.25, 0.3) is 17.0 Å². The van der Waals surface area contributed by atoms with Gasteiger partial charge >= 0.3 is 0 Å². The van der Waals surface area contributed by atoms with Crippen molar-refractivity contribution in [2.45, 2.75) is 6.42 Å². The zero-order chi connectivity index (χ0) is 14.5. The number of H-pyrrole nitrogens is 2. The van der Waals surface area contributed by atoms with Crippen molar-refractivity contribution in [3.8, 4) is 0 Å². The largest absolute Gasteiger partial charge is 0.361 e. The minimum absolute atomic E-state index is 0.107. The molecule has 2 heterocycles. The van der Waals surface area contributed by atoms with Crippen LogP contribution in [0.5, 0.6) is 0 Å².